The van der Waals surface area contributed by atoms with E-state index in [1.165, 1.54) is 12.1 Å². The second-order valence-corrected chi connectivity index (χ2v) is 8.04. The van der Waals surface area contributed by atoms with Gasteiger partial charge in [-0.1, -0.05) is 29.8 Å². The van der Waals surface area contributed by atoms with Gasteiger partial charge in [0.25, 0.3) is 0 Å². The van der Waals surface area contributed by atoms with E-state index in [0.717, 1.165) is 31.3 Å². The molecule has 0 atom stereocenters. The molecule has 0 unspecified atom stereocenters. The summed E-state index contributed by atoms with van der Waals surface area (Å²) in [6.45, 7) is 2.29. The van der Waals surface area contributed by atoms with E-state index in [1.807, 2.05) is 37.3 Å². The summed E-state index contributed by atoms with van der Waals surface area (Å²) in [6, 6.07) is 15.8. The number of benzene rings is 3. The van der Waals surface area contributed by atoms with Gasteiger partial charge in [0.15, 0.2) is 0 Å². The average Bonchev–Trinajstić information content (AvgIpc) is 2.63. The number of halogens is 4. The molecule has 0 N–H and O–H groups in total. The molecule has 0 heterocycles. The molecule has 0 saturated heterocycles. The molecule has 0 aromatic heterocycles. The minimum Gasteiger partial charge on any atom is -0.487 e. The van der Waals surface area contributed by atoms with Gasteiger partial charge in [-0.25, -0.2) is 4.39 Å². The van der Waals surface area contributed by atoms with E-state index in [9.17, 15) is 4.39 Å². The number of aliphatic imine (C=N–C) groups is 1. The maximum absolute atomic E-state index is 13.0. The molecular weight excluding hydrogens is 496 g/mol. The molecule has 0 aliphatic carbocycles. The summed E-state index contributed by atoms with van der Waals surface area (Å²) in [4.78, 5) is 4.46. The molecule has 3 aromatic carbocycles. The number of rotatable bonds is 5. The summed E-state index contributed by atoms with van der Waals surface area (Å²) in [5.41, 5.74) is 3.59. The highest BCUT2D eigenvalue weighted by atomic mass is 79.9. The SMILES string of the molecule is Cc1ccc(N=Cc2cc(Br)c(OCc3ccc(F)cc3)c(Br)c2)cc1Cl. The van der Waals surface area contributed by atoms with Crippen molar-refractivity contribution in [1.82, 2.24) is 0 Å². The van der Waals surface area contributed by atoms with Crippen molar-refractivity contribution in [2.45, 2.75) is 13.5 Å². The lowest BCUT2D eigenvalue weighted by Gasteiger charge is -2.11. The Kier molecular flexibility index (Phi) is 6.68. The lowest BCUT2D eigenvalue weighted by molar-refractivity contribution is 0.302. The van der Waals surface area contributed by atoms with Crippen LogP contribution in [-0.2, 0) is 6.61 Å². The molecule has 0 aliphatic heterocycles. The standard InChI is InChI=1S/C21H15Br2ClFNO/c1-13-2-7-17(10-20(13)24)26-11-15-8-18(22)21(19(23)9-15)27-12-14-3-5-16(25)6-4-14/h2-11H,12H2,1H3. The van der Waals surface area contributed by atoms with Crippen LogP contribution >= 0.6 is 43.5 Å². The van der Waals surface area contributed by atoms with Gasteiger partial charge in [0, 0.05) is 11.2 Å². The number of aryl methyl sites for hydroxylation is 1. The van der Waals surface area contributed by atoms with Crippen molar-refractivity contribution >= 4 is 55.4 Å². The molecule has 0 aliphatic rings. The van der Waals surface area contributed by atoms with Crippen LogP contribution < -0.4 is 4.74 Å². The number of hydrogen-bond acceptors (Lipinski definition) is 2. The molecule has 6 heteroatoms. The van der Waals surface area contributed by atoms with Crippen molar-refractivity contribution in [3.8, 4) is 5.75 Å². The van der Waals surface area contributed by atoms with Crippen molar-refractivity contribution in [2.75, 3.05) is 0 Å². The number of ether oxygens (including phenoxy) is 1. The zero-order chi connectivity index (χ0) is 19.4. The third kappa shape index (κ3) is 5.41. The second kappa shape index (κ2) is 9.00. The molecule has 0 bridgehead atoms. The van der Waals surface area contributed by atoms with Crippen LogP contribution in [0.3, 0.4) is 0 Å². The van der Waals surface area contributed by atoms with Gasteiger partial charge in [-0.2, -0.15) is 0 Å². The van der Waals surface area contributed by atoms with E-state index in [2.05, 4.69) is 36.9 Å². The summed E-state index contributed by atoms with van der Waals surface area (Å²) in [6.07, 6.45) is 1.76. The van der Waals surface area contributed by atoms with E-state index in [4.69, 9.17) is 16.3 Å². The summed E-state index contributed by atoms with van der Waals surface area (Å²) in [5.74, 6) is 0.412. The van der Waals surface area contributed by atoms with E-state index in [-0.39, 0.29) is 5.82 Å². The third-order valence-electron chi connectivity index (χ3n) is 3.84. The molecule has 0 saturated carbocycles. The highest BCUT2D eigenvalue weighted by molar-refractivity contribution is 9.11. The zero-order valence-electron chi connectivity index (χ0n) is 14.3. The molecule has 2 nitrogen and oxygen atoms in total. The first-order chi connectivity index (χ1) is 12.9. The van der Waals surface area contributed by atoms with Crippen LogP contribution in [0, 0.1) is 12.7 Å². The number of nitrogens with zero attached hydrogens (tertiary/aromatic N) is 1. The first-order valence-corrected chi connectivity index (χ1v) is 10.1. The van der Waals surface area contributed by atoms with Gasteiger partial charge in [-0.3, -0.25) is 4.99 Å². The fourth-order valence-electron chi connectivity index (χ4n) is 2.34. The van der Waals surface area contributed by atoms with Crippen LogP contribution in [-0.4, -0.2) is 6.21 Å². The maximum Gasteiger partial charge on any atom is 0.148 e. The largest absolute Gasteiger partial charge is 0.487 e. The average molecular weight is 512 g/mol. The Hall–Kier alpha value is -1.69. The Morgan fingerprint density at radius 2 is 1.70 bits per heavy atom. The fraction of sp³-hybridized carbons (Fsp3) is 0.0952. The molecule has 138 valence electrons. The number of hydrogen-bond donors (Lipinski definition) is 0. The van der Waals surface area contributed by atoms with Crippen molar-refractivity contribution < 1.29 is 9.13 Å². The molecule has 0 amide bonds. The van der Waals surface area contributed by atoms with Crippen LogP contribution in [0.5, 0.6) is 5.75 Å². The summed E-state index contributed by atoms with van der Waals surface area (Å²) in [5, 5.41) is 0.691. The quantitative estimate of drug-likeness (QED) is 0.323. The highest BCUT2D eigenvalue weighted by Crippen LogP contribution is 2.35. The van der Waals surface area contributed by atoms with Crippen molar-refractivity contribution in [1.29, 1.82) is 0 Å². The van der Waals surface area contributed by atoms with Crippen LogP contribution in [0.1, 0.15) is 16.7 Å². The predicted octanol–water partition coefficient (Wildman–Crippen LogP) is 7.64. The smallest absolute Gasteiger partial charge is 0.148 e. The maximum atomic E-state index is 13.0. The second-order valence-electron chi connectivity index (χ2n) is 5.92. The molecule has 27 heavy (non-hydrogen) atoms. The zero-order valence-corrected chi connectivity index (χ0v) is 18.3. The Morgan fingerprint density at radius 1 is 1.04 bits per heavy atom. The van der Waals surface area contributed by atoms with Gasteiger partial charge in [0.05, 0.1) is 14.6 Å². The Balaban J connectivity index is 1.74. The van der Waals surface area contributed by atoms with E-state index in [0.29, 0.717) is 17.4 Å². The summed E-state index contributed by atoms with van der Waals surface area (Å²) >= 11 is 13.2. The third-order valence-corrected chi connectivity index (χ3v) is 5.42. The minimum absolute atomic E-state index is 0.264. The monoisotopic (exact) mass is 509 g/mol. The lowest BCUT2D eigenvalue weighted by atomic mass is 10.2. The van der Waals surface area contributed by atoms with E-state index in [1.54, 1.807) is 18.3 Å². The fourth-order valence-corrected chi connectivity index (χ4v) is 3.96. The summed E-state index contributed by atoms with van der Waals surface area (Å²) < 4.78 is 20.4. The first kappa shape index (κ1) is 20.1. The van der Waals surface area contributed by atoms with Crippen molar-refractivity contribution in [2.24, 2.45) is 4.99 Å². The Morgan fingerprint density at radius 3 is 2.33 bits per heavy atom. The minimum atomic E-state index is -0.264. The van der Waals surface area contributed by atoms with Crippen LogP contribution in [0.25, 0.3) is 0 Å². The Labute approximate surface area is 179 Å². The topological polar surface area (TPSA) is 21.6 Å². The molecule has 0 radical (unpaired) electrons. The van der Waals surface area contributed by atoms with E-state index >= 15 is 0 Å². The van der Waals surface area contributed by atoms with Gasteiger partial charge in [-0.05, 0) is 91.9 Å². The molecule has 0 spiro atoms. The van der Waals surface area contributed by atoms with Gasteiger partial charge < -0.3 is 4.74 Å². The van der Waals surface area contributed by atoms with Crippen molar-refractivity contribution in [3.05, 3.63) is 91.1 Å². The lowest BCUT2D eigenvalue weighted by Crippen LogP contribution is -1.98. The van der Waals surface area contributed by atoms with Gasteiger partial charge in [0.2, 0.25) is 0 Å². The van der Waals surface area contributed by atoms with Crippen molar-refractivity contribution in [3.63, 3.8) is 0 Å². The van der Waals surface area contributed by atoms with Gasteiger partial charge in [0.1, 0.15) is 18.2 Å². The van der Waals surface area contributed by atoms with Gasteiger partial charge >= 0.3 is 0 Å². The molecule has 3 aromatic rings. The molecule has 3 rings (SSSR count). The predicted molar refractivity (Wildman–Crippen MR) is 116 cm³/mol. The molecule has 0 fully saturated rings. The van der Waals surface area contributed by atoms with E-state index < -0.39 is 0 Å². The van der Waals surface area contributed by atoms with Crippen LogP contribution in [0.4, 0.5) is 10.1 Å². The highest BCUT2D eigenvalue weighted by Gasteiger charge is 2.09. The van der Waals surface area contributed by atoms with Crippen LogP contribution in [0.2, 0.25) is 5.02 Å². The normalized spacial score (nSPS) is 11.1. The van der Waals surface area contributed by atoms with Gasteiger partial charge in [-0.15, -0.1) is 0 Å². The Bertz CT molecular complexity index is 967. The summed E-state index contributed by atoms with van der Waals surface area (Å²) in [7, 11) is 0. The first-order valence-electron chi connectivity index (χ1n) is 8.09. The molecular formula is C21H15Br2ClFNO. The van der Waals surface area contributed by atoms with Crippen LogP contribution in [0.15, 0.2) is 68.5 Å².